The largest absolute Gasteiger partial charge is 0.478 e. The first-order chi connectivity index (χ1) is 9.63. The maximum absolute atomic E-state index is 11.8. The average Bonchev–Trinajstić information content (AvgIpc) is 2.45. The standard InChI is InChI=1S/C14H18N2O4/c1-2-20-7-3-6-16-14(19)12-8-11(9-15-10-12)4-5-13(17)18/h4-5,8-10H,2-3,6-7H2,1H3,(H,16,19)(H,17,18). The van der Waals surface area contributed by atoms with Gasteiger partial charge < -0.3 is 15.2 Å². The molecule has 0 atom stereocenters. The van der Waals surface area contributed by atoms with Crippen LogP contribution in [0.4, 0.5) is 0 Å². The van der Waals surface area contributed by atoms with Gasteiger partial charge in [0.1, 0.15) is 0 Å². The molecule has 0 aliphatic rings. The van der Waals surface area contributed by atoms with E-state index in [0.29, 0.717) is 30.9 Å². The first-order valence-corrected chi connectivity index (χ1v) is 6.35. The molecule has 1 aromatic heterocycles. The number of carboxylic acid groups (broad SMARTS) is 1. The van der Waals surface area contributed by atoms with Crippen molar-refractivity contribution in [2.24, 2.45) is 0 Å². The van der Waals surface area contributed by atoms with Crippen LogP contribution in [0.25, 0.3) is 6.08 Å². The van der Waals surface area contributed by atoms with Gasteiger partial charge in [-0.15, -0.1) is 0 Å². The zero-order valence-electron chi connectivity index (χ0n) is 11.3. The second-order valence-electron chi connectivity index (χ2n) is 3.98. The number of nitrogens with zero attached hydrogens (tertiary/aromatic N) is 1. The average molecular weight is 278 g/mol. The number of hydrogen-bond acceptors (Lipinski definition) is 4. The fraction of sp³-hybridized carbons (Fsp3) is 0.357. The number of carboxylic acids is 1. The van der Waals surface area contributed by atoms with Crippen LogP contribution in [-0.2, 0) is 9.53 Å². The van der Waals surface area contributed by atoms with Crippen LogP contribution in [0.1, 0.15) is 29.3 Å². The van der Waals surface area contributed by atoms with E-state index in [2.05, 4.69) is 10.3 Å². The molecule has 1 rings (SSSR count). The Kier molecular flexibility index (Phi) is 6.99. The van der Waals surface area contributed by atoms with Crippen molar-refractivity contribution in [1.29, 1.82) is 0 Å². The van der Waals surface area contributed by atoms with Crippen LogP contribution in [0, 0.1) is 0 Å². The molecule has 0 saturated carbocycles. The fourth-order valence-electron chi connectivity index (χ4n) is 1.46. The van der Waals surface area contributed by atoms with Gasteiger partial charge in [0.2, 0.25) is 0 Å². The second-order valence-corrected chi connectivity index (χ2v) is 3.98. The Labute approximate surface area is 117 Å². The van der Waals surface area contributed by atoms with Gasteiger partial charge in [0, 0.05) is 38.2 Å². The molecule has 6 nitrogen and oxygen atoms in total. The van der Waals surface area contributed by atoms with Gasteiger partial charge in [0.15, 0.2) is 0 Å². The summed E-state index contributed by atoms with van der Waals surface area (Å²) in [5, 5.41) is 11.3. The van der Waals surface area contributed by atoms with E-state index in [1.54, 1.807) is 6.07 Å². The van der Waals surface area contributed by atoms with Crippen molar-refractivity contribution in [2.75, 3.05) is 19.8 Å². The van der Waals surface area contributed by atoms with Gasteiger partial charge in [-0.2, -0.15) is 0 Å². The number of carbonyl (C=O) groups excluding carboxylic acids is 1. The summed E-state index contributed by atoms with van der Waals surface area (Å²) in [6.45, 7) is 3.71. The molecule has 0 aliphatic heterocycles. The lowest BCUT2D eigenvalue weighted by Gasteiger charge is -2.05. The molecule has 6 heteroatoms. The Bertz CT molecular complexity index is 486. The predicted octanol–water partition coefficient (Wildman–Crippen LogP) is 1.34. The van der Waals surface area contributed by atoms with E-state index >= 15 is 0 Å². The van der Waals surface area contributed by atoms with Crippen LogP contribution in [0.2, 0.25) is 0 Å². The molecular formula is C14H18N2O4. The molecule has 0 aliphatic carbocycles. The van der Waals surface area contributed by atoms with Gasteiger partial charge in [-0.25, -0.2) is 4.79 Å². The minimum Gasteiger partial charge on any atom is -0.478 e. The third-order valence-corrected chi connectivity index (χ3v) is 2.40. The number of nitrogens with one attached hydrogen (secondary N) is 1. The van der Waals surface area contributed by atoms with Crippen molar-refractivity contribution in [3.05, 3.63) is 35.7 Å². The number of amides is 1. The van der Waals surface area contributed by atoms with E-state index in [-0.39, 0.29) is 5.91 Å². The van der Waals surface area contributed by atoms with E-state index in [9.17, 15) is 9.59 Å². The maximum atomic E-state index is 11.8. The normalized spacial score (nSPS) is 10.7. The number of aromatic nitrogens is 1. The molecule has 1 amide bonds. The monoisotopic (exact) mass is 278 g/mol. The molecule has 1 heterocycles. The highest BCUT2D eigenvalue weighted by Gasteiger charge is 2.05. The first kappa shape index (κ1) is 15.8. The number of aliphatic carboxylic acids is 1. The number of hydrogen-bond donors (Lipinski definition) is 2. The molecular weight excluding hydrogens is 260 g/mol. The van der Waals surface area contributed by atoms with E-state index < -0.39 is 5.97 Å². The minimum absolute atomic E-state index is 0.237. The number of ether oxygens (including phenoxy) is 1. The lowest BCUT2D eigenvalue weighted by Crippen LogP contribution is -2.25. The van der Waals surface area contributed by atoms with Crippen molar-refractivity contribution < 1.29 is 19.4 Å². The zero-order chi connectivity index (χ0) is 14.8. The summed E-state index contributed by atoms with van der Waals surface area (Å²) in [5.41, 5.74) is 0.961. The molecule has 0 unspecified atom stereocenters. The molecule has 1 aromatic rings. The van der Waals surface area contributed by atoms with Gasteiger partial charge >= 0.3 is 5.97 Å². The second kappa shape index (κ2) is 8.82. The van der Waals surface area contributed by atoms with Crippen LogP contribution in [0.5, 0.6) is 0 Å². The summed E-state index contributed by atoms with van der Waals surface area (Å²) in [6.07, 6.45) is 6.06. The van der Waals surface area contributed by atoms with Crippen LogP contribution in [-0.4, -0.2) is 41.7 Å². The van der Waals surface area contributed by atoms with Crippen molar-refractivity contribution in [2.45, 2.75) is 13.3 Å². The van der Waals surface area contributed by atoms with E-state index in [1.165, 1.54) is 18.5 Å². The third kappa shape index (κ3) is 6.10. The Morgan fingerprint density at radius 1 is 1.45 bits per heavy atom. The molecule has 0 aromatic carbocycles. The van der Waals surface area contributed by atoms with Crippen molar-refractivity contribution in [3.63, 3.8) is 0 Å². The summed E-state index contributed by atoms with van der Waals surface area (Å²) >= 11 is 0. The van der Waals surface area contributed by atoms with E-state index in [4.69, 9.17) is 9.84 Å². The molecule has 0 radical (unpaired) electrons. The zero-order valence-corrected chi connectivity index (χ0v) is 11.3. The summed E-state index contributed by atoms with van der Waals surface area (Å²) < 4.78 is 5.17. The minimum atomic E-state index is -1.05. The molecule has 0 saturated heterocycles. The lowest BCUT2D eigenvalue weighted by atomic mass is 10.2. The molecule has 2 N–H and O–H groups in total. The van der Waals surface area contributed by atoms with Crippen molar-refractivity contribution in [1.82, 2.24) is 10.3 Å². The third-order valence-electron chi connectivity index (χ3n) is 2.40. The fourth-order valence-corrected chi connectivity index (χ4v) is 1.46. The quantitative estimate of drug-likeness (QED) is 0.553. The Morgan fingerprint density at radius 2 is 2.25 bits per heavy atom. The highest BCUT2D eigenvalue weighted by molar-refractivity contribution is 5.94. The smallest absolute Gasteiger partial charge is 0.328 e. The molecule has 0 bridgehead atoms. The van der Waals surface area contributed by atoms with Crippen LogP contribution >= 0.6 is 0 Å². The van der Waals surface area contributed by atoms with Gasteiger partial charge in [-0.05, 0) is 31.1 Å². The summed E-state index contributed by atoms with van der Waals surface area (Å²) in [6, 6.07) is 1.59. The predicted molar refractivity (Wildman–Crippen MR) is 74.4 cm³/mol. The van der Waals surface area contributed by atoms with Gasteiger partial charge in [0.05, 0.1) is 5.56 Å². The Hall–Kier alpha value is -2.21. The molecule has 20 heavy (non-hydrogen) atoms. The molecule has 0 spiro atoms. The molecule has 108 valence electrons. The van der Waals surface area contributed by atoms with E-state index in [0.717, 1.165) is 12.5 Å². The number of carbonyl (C=O) groups is 2. The first-order valence-electron chi connectivity index (χ1n) is 6.35. The summed E-state index contributed by atoms with van der Waals surface area (Å²) in [7, 11) is 0. The van der Waals surface area contributed by atoms with Crippen LogP contribution in [0.3, 0.4) is 0 Å². The number of pyridine rings is 1. The summed E-state index contributed by atoms with van der Waals surface area (Å²) in [5.74, 6) is -1.28. The van der Waals surface area contributed by atoms with Gasteiger partial charge in [0.25, 0.3) is 5.91 Å². The lowest BCUT2D eigenvalue weighted by molar-refractivity contribution is -0.131. The highest BCUT2D eigenvalue weighted by atomic mass is 16.5. The Balaban J connectivity index is 2.51. The Morgan fingerprint density at radius 3 is 2.95 bits per heavy atom. The van der Waals surface area contributed by atoms with Gasteiger partial charge in [-0.1, -0.05) is 0 Å². The topological polar surface area (TPSA) is 88.5 Å². The van der Waals surface area contributed by atoms with Crippen LogP contribution in [0.15, 0.2) is 24.5 Å². The van der Waals surface area contributed by atoms with Crippen molar-refractivity contribution in [3.8, 4) is 0 Å². The van der Waals surface area contributed by atoms with E-state index in [1.807, 2.05) is 6.92 Å². The van der Waals surface area contributed by atoms with Crippen LogP contribution < -0.4 is 5.32 Å². The molecule has 0 fully saturated rings. The number of rotatable bonds is 8. The summed E-state index contributed by atoms with van der Waals surface area (Å²) in [4.78, 5) is 26.2. The maximum Gasteiger partial charge on any atom is 0.328 e. The van der Waals surface area contributed by atoms with Gasteiger partial charge in [-0.3, -0.25) is 9.78 Å². The SMILES string of the molecule is CCOCCCNC(=O)c1cncc(C=CC(=O)O)c1. The van der Waals surface area contributed by atoms with Crippen molar-refractivity contribution >= 4 is 18.0 Å². The highest BCUT2D eigenvalue weighted by Crippen LogP contribution is 2.05.